The molecular weight excluding hydrogens is 422 g/mol. The van der Waals surface area contributed by atoms with E-state index in [0.717, 1.165) is 25.9 Å². The monoisotopic (exact) mass is 455 g/mol. The van der Waals surface area contributed by atoms with Crippen molar-refractivity contribution in [2.45, 2.75) is 43.0 Å². The third-order valence-electron chi connectivity index (χ3n) is 6.50. The molecule has 1 unspecified atom stereocenters. The Morgan fingerprint density at radius 1 is 0.875 bits per heavy atom. The average molecular weight is 456 g/mol. The molecule has 1 atom stereocenters. The van der Waals surface area contributed by atoms with Crippen molar-refractivity contribution in [1.82, 2.24) is 14.5 Å². The molecule has 4 rings (SSSR count). The maximum atomic E-state index is 12.9. The van der Waals surface area contributed by atoms with Crippen LogP contribution in [0.2, 0.25) is 0 Å². The molecule has 0 bridgehead atoms. The van der Waals surface area contributed by atoms with Crippen molar-refractivity contribution < 1.29 is 13.2 Å². The van der Waals surface area contributed by atoms with E-state index in [1.807, 2.05) is 6.07 Å². The lowest BCUT2D eigenvalue weighted by Gasteiger charge is -2.35. The van der Waals surface area contributed by atoms with E-state index in [0.29, 0.717) is 25.2 Å². The first-order valence-electron chi connectivity index (χ1n) is 11.7. The van der Waals surface area contributed by atoms with E-state index >= 15 is 0 Å². The first kappa shape index (κ1) is 23.1. The number of hydrogen-bond donors (Lipinski definition) is 1. The molecule has 6 nitrogen and oxygen atoms in total. The van der Waals surface area contributed by atoms with E-state index in [1.54, 1.807) is 18.2 Å². The Morgan fingerprint density at radius 3 is 2.28 bits per heavy atom. The van der Waals surface area contributed by atoms with Crippen LogP contribution in [-0.4, -0.2) is 62.7 Å². The highest BCUT2D eigenvalue weighted by Gasteiger charge is 2.28. The van der Waals surface area contributed by atoms with Gasteiger partial charge in [0.15, 0.2) is 5.78 Å². The molecule has 0 amide bonds. The lowest BCUT2D eigenvalue weighted by molar-refractivity contribution is 0.0983. The van der Waals surface area contributed by atoms with E-state index < -0.39 is 10.0 Å². The summed E-state index contributed by atoms with van der Waals surface area (Å²) in [5.74, 6) is -0.0890. The van der Waals surface area contributed by atoms with Gasteiger partial charge in [0, 0.05) is 31.2 Å². The van der Waals surface area contributed by atoms with Gasteiger partial charge in [0.25, 0.3) is 0 Å². The summed E-state index contributed by atoms with van der Waals surface area (Å²) in [4.78, 5) is 15.6. The number of benzene rings is 2. The van der Waals surface area contributed by atoms with Crippen LogP contribution in [-0.2, 0) is 10.0 Å². The number of carbonyl (C=O) groups is 1. The second-order valence-corrected chi connectivity index (χ2v) is 10.7. The molecule has 1 N–H and O–H groups in total. The molecular formula is C25H33N3O3S. The minimum absolute atomic E-state index is 0.0890. The van der Waals surface area contributed by atoms with Crippen molar-refractivity contribution >= 4 is 15.8 Å². The lowest BCUT2D eigenvalue weighted by atomic mass is 10.0. The van der Waals surface area contributed by atoms with Gasteiger partial charge in [-0.1, -0.05) is 48.9 Å². The second-order valence-electron chi connectivity index (χ2n) is 8.72. The van der Waals surface area contributed by atoms with Crippen LogP contribution in [0.4, 0.5) is 0 Å². The van der Waals surface area contributed by atoms with Crippen LogP contribution >= 0.6 is 0 Å². The summed E-state index contributed by atoms with van der Waals surface area (Å²) in [5.41, 5.74) is 1.69. The summed E-state index contributed by atoms with van der Waals surface area (Å²) in [6.07, 6.45) is 5.48. The van der Waals surface area contributed by atoms with Gasteiger partial charge >= 0.3 is 0 Å². The van der Waals surface area contributed by atoms with Crippen LogP contribution in [0.3, 0.4) is 0 Å². The summed E-state index contributed by atoms with van der Waals surface area (Å²) < 4.78 is 27.2. The van der Waals surface area contributed by atoms with Gasteiger partial charge in [-0.05, 0) is 56.5 Å². The molecule has 2 fully saturated rings. The maximum Gasteiger partial charge on any atom is 0.243 e. The van der Waals surface area contributed by atoms with Gasteiger partial charge in [0.05, 0.1) is 11.4 Å². The molecule has 2 heterocycles. The Balaban J connectivity index is 1.40. The van der Waals surface area contributed by atoms with E-state index in [4.69, 9.17) is 0 Å². The van der Waals surface area contributed by atoms with Crippen molar-refractivity contribution in [1.29, 1.82) is 0 Å². The molecule has 0 aliphatic carbocycles. The number of Topliss-reactive ketones (excluding diaryl/α,β-unsaturated/α-hetero) is 1. The van der Waals surface area contributed by atoms with E-state index in [2.05, 4.69) is 34.5 Å². The molecule has 2 aliphatic rings. The van der Waals surface area contributed by atoms with Gasteiger partial charge in [0.1, 0.15) is 0 Å². The highest BCUT2D eigenvalue weighted by Crippen LogP contribution is 2.24. The van der Waals surface area contributed by atoms with E-state index in [-0.39, 0.29) is 23.3 Å². The fraction of sp³-hybridized carbons (Fsp3) is 0.480. The molecule has 2 aliphatic heterocycles. The molecule has 2 aromatic carbocycles. The van der Waals surface area contributed by atoms with Crippen molar-refractivity contribution in [2.75, 3.05) is 39.3 Å². The predicted molar refractivity (Wildman–Crippen MR) is 126 cm³/mol. The lowest BCUT2D eigenvalue weighted by Crippen LogP contribution is -2.40. The number of hydrogen-bond acceptors (Lipinski definition) is 5. The Morgan fingerprint density at radius 2 is 1.56 bits per heavy atom. The number of nitrogens with zero attached hydrogens (tertiary/aromatic N) is 2. The van der Waals surface area contributed by atoms with Crippen LogP contribution in [0.5, 0.6) is 0 Å². The molecule has 0 spiro atoms. The number of piperidine rings is 1. The van der Waals surface area contributed by atoms with Gasteiger partial charge in [-0.15, -0.1) is 0 Å². The summed E-state index contributed by atoms with van der Waals surface area (Å²) in [5, 5.41) is 3.34. The van der Waals surface area contributed by atoms with Gasteiger partial charge in [-0.25, -0.2) is 8.42 Å². The Bertz CT molecular complexity index is 998. The van der Waals surface area contributed by atoms with Crippen molar-refractivity contribution in [3.05, 3.63) is 65.7 Å². The number of sulfonamides is 1. The molecule has 32 heavy (non-hydrogen) atoms. The summed E-state index contributed by atoms with van der Waals surface area (Å²) >= 11 is 0. The average Bonchev–Trinajstić information content (AvgIpc) is 3.39. The number of ketones is 1. The Hall–Kier alpha value is -2.06. The van der Waals surface area contributed by atoms with Crippen molar-refractivity contribution in [3.63, 3.8) is 0 Å². The number of likely N-dealkylation sites (tertiary alicyclic amines) is 1. The first-order chi connectivity index (χ1) is 15.6. The fourth-order valence-electron chi connectivity index (χ4n) is 4.70. The van der Waals surface area contributed by atoms with Gasteiger partial charge in [-0.3, -0.25) is 9.69 Å². The molecule has 2 aromatic rings. The highest BCUT2D eigenvalue weighted by atomic mass is 32.2. The van der Waals surface area contributed by atoms with Crippen LogP contribution in [0.1, 0.15) is 54.1 Å². The fourth-order valence-corrected chi connectivity index (χ4v) is 6.26. The molecule has 2 saturated heterocycles. The van der Waals surface area contributed by atoms with Gasteiger partial charge in [-0.2, -0.15) is 4.31 Å². The van der Waals surface area contributed by atoms with Crippen LogP contribution in [0.15, 0.2) is 59.5 Å². The molecule has 0 aromatic heterocycles. The number of nitrogens with one attached hydrogen (secondary N) is 1. The summed E-state index contributed by atoms with van der Waals surface area (Å²) in [7, 11) is -3.53. The summed E-state index contributed by atoms with van der Waals surface area (Å²) in [6.45, 7) is 4.13. The van der Waals surface area contributed by atoms with Crippen molar-refractivity contribution in [2.24, 2.45) is 0 Å². The maximum absolute atomic E-state index is 12.9. The minimum Gasteiger partial charge on any atom is -0.308 e. The Labute approximate surface area is 191 Å². The zero-order chi connectivity index (χ0) is 22.4. The van der Waals surface area contributed by atoms with Gasteiger partial charge in [0.2, 0.25) is 10.0 Å². The van der Waals surface area contributed by atoms with E-state index in [9.17, 15) is 13.2 Å². The molecule has 7 heteroatoms. The third kappa shape index (κ3) is 5.46. The summed E-state index contributed by atoms with van der Waals surface area (Å²) in [6, 6.07) is 17.1. The largest absolute Gasteiger partial charge is 0.308 e. The van der Waals surface area contributed by atoms with Crippen molar-refractivity contribution in [3.8, 4) is 0 Å². The van der Waals surface area contributed by atoms with Crippen LogP contribution < -0.4 is 5.32 Å². The standard InChI is InChI=1S/C25H33N3O3S/c29-25(22-12-9-13-23(18-22)32(30,31)28-16-7-8-17-28)20-26-19-24(21-10-3-1-4-11-21)27-14-5-2-6-15-27/h1,3-4,9-13,18,24,26H,2,5-8,14-17,19-20H2. The minimum atomic E-state index is -3.53. The smallest absolute Gasteiger partial charge is 0.243 e. The number of carbonyl (C=O) groups excluding carboxylic acids is 1. The topological polar surface area (TPSA) is 69.7 Å². The quantitative estimate of drug-likeness (QED) is 0.587. The molecule has 172 valence electrons. The number of rotatable bonds is 9. The SMILES string of the molecule is O=C(CNCC(c1ccccc1)N1CCCCC1)c1cccc(S(=O)(=O)N2CCCC2)c1. The van der Waals surface area contributed by atoms with Crippen LogP contribution in [0, 0.1) is 0 Å². The predicted octanol–water partition coefficient (Wildman–Crippen LogP) is 3.47. The first-order valence-corrected chi connectivity index (χ1v) is 13.1. The Kier molecular flexibility index (Phi) is 7.73. The normalized spacial score (nSPS) is 19.1. The van der Waals surface area contributed by atoms with Crippen LogP contribution in [0.25, 0.3) is 0 Å². The molecule has 0 radical (unpaired) electrons. The zero-order valence-electron chi connectivity index (χ0n) is 18.6. The third-order valence-corrected chi connectivity index (χ3v) is 8.39. The highest BCUT2D eigenvalue weighted by molar-refractivity contribution is 7.89. The molecule has 0 saturated carbocycles. The second kappa shape index (κ2) is 10.7. The van der Waals surface area contributed by atoms with Gasteiger partial charge < -0.3 is 5.32 Å². The van der Waals surface area contributed by atoms with E-state index in [1.165, 1.54) is 35.2 Å². The zero-order valence-corrected chi connectivity index (χ0v) is 19.4.